The molecule has 1 aliphatic rings. The van der Waals surface area contributed by atoms with Gasteiger partial charge in [0.15, 0.2) is 0 Å². The third-order valence-electron chi connectivity index (χ3n) is 5.63. The number of carbonyl (C=O) groups excluding carboxylic acids is 1. The van der Waals surface area contributed by atoms with E-state index < -0.39 is 22.2 Å². The number of hydrogen-bond acceptors (Lipinski definition) is 7. The zero-order valence-electron chi connectivity index (χ0n) is 19.2. The van der Waals surface area contributed by atoms with Gasteiger partial charge >= 0.3 is 0 Å². The van der Waals surface area contributed by atoms with E-state index in [1.165, 1.54) is 33.9 Å². The van der Waals surface area contributed by atoms with Crippen molar-refractivity contribution in [1.29, 1.82) is 0 Å². The van der Waals surface area contributed by atoms with Crippen molar-refractivity contribution in [3.63, 3.8) is 0 Å². The van der Waals surface area contributed by atoms with Crippen LogP contribution in [0.5, 0.6) is 5.75 Å². The molecule has 1 aromatic carbocycles. The van der Waals surface area contributed by atoms with E-state index in [4.69, 9.17) is 4.74 Å². The second-order valence-electron chi connectivity index (χ2n) is 8.22. The Hall–Kier alpha value is -2.82. The lowest BCUT2D eigenvalue weighted by Gasteiger charge is -2.37. The minimum Gasteiger partial charge on any atom is -0.487 e. The van der Waals surface area contributed by atoms with Gasteiger partial charge in [-0.05, 0) is 31.5 Å². The minimum absolute atomic E-state index is 0.0378. The van der Waals surface area contributed by atoms with Crippen LogP contribution in [0.15, 0.2) is 47.8 Å². The van der Waals surface area contributed by atoms with E-state index >= 15 is 0 Å². The molecule has 1 amide bonds. The topological polar surface area (TPSA) is 113 Å². The highest BCUT2D eigenvalue weighted by Crippen LogP contribution is 2.34. The lowest BCUT2D eigenvalue weighted by atomic mass is 10.0. The van der Waals surface area contributed by atoms with Gasteiger partial charge in [-0.1, -0.05) is 25.1 Å². The molecule has 3 rings (SSSR count). The number of aliphatic hydroxyl groups excluding tert-OH is 1. The quantitative estimate of drug-likeness (QED) is 0.682. The van der Waals surface area contributed by atoms with Crippen molar-refractivity contribution in [1.82, 2.24) is 19.2 Å². The van der Waals surface area contributed by atoms with Crippen LogP contribution in [0.3, 0.4) is 0 Å². The first-order chi connectivity index (χ1) is 15.7. The number of ether oxygens (including phenoxy) is 1. The van der Waals surface area contributed by atoms with Crippen LogP contribution in [-0.2, 0) is 10.0 Å². The van der Waals surface area contributed by atoms with Gasteiger partial charge in [0.25, 0.3) is 5.91 Å². The molecule has 0 unspecified atom stereocenters. The first-order valence-electron chi connectivity index (χ1n) is 10.8. The summed E-state index contributed by atoms with van der Waals surface area (Å²) in [5, 5.41) is 9.73. The molecule has 9 nitrogen and oxygen atoms in total. The summed E-state index contributed by atoms with van der Waals surface area (Å²) in [6, 6.07) is 4.31. The van der Waals surface area contributed by atoms with Gasteiger partial charge < -0.3 is 14.7 Å². The smallest absolute Gasteiger partial charge is 0.273 e. The zero-order chi connectivity index (χ0) is 24.2. The molecule has 33 heavy (non-hydrogen) atoms. The van der Waals surface area contributed by atoms with Crippen molar-refractivity contribution in [2.75, 3.05) is 26.7 Å². The number of benzene rings is 1. The van der Waals surface area contributed by atoms with E-state index in [1.807, 2.05) is 26.0 Å². The highest BCUT2D eigenvalue weighted by atomic mass is 32.2. The summed E-state index contributed by atoms with van der Waals surface area (Å²) in [5.74, 6) is -0.362. The number of amides is 1. The van der Waals surface area contributed by atoms with Crippen LogP contribution >= 0.6 is 0 Å². The number of sulfonamides is 1. The summed E-state index contributed by atoms with van der Waals surface area (Å²) in [4.78, 5) is 22.3. The van der Waals surface area contributed by atoms with Crippen molar-refractivity contribution < 1.29 is 23.1 Å². The summed E-state index contributed by atoms with van der Waals surface area (Å²) in [5.41, 5.74) is 1.01. The summed E-state index contributed by atoms with van der Waals surface area (Å²) < 4.78 is 34.5. The van der Waals surface area contributed by atoms with E-state index in [0.29, 0.717) is 0 Å². The second kappa shape index (κ2) is 10.4. The van der Waals surface area contributed by atoms with Gasteiger partial charge in [-0.25, -0.2) is 13.4 Å². The molecule has 0 saturated carbocycles. The summed E-state index contributed by atoms with van der Waals surface area (Å²) in [6.45, 7) is 5.45. The number of aromatic nitrogens is 2. The molecule has 2 aromatic rings. The third-order valence-corrected chi connectivity index (χ3v) is 7.65. The molecule has 0 bridgehead atoms. The molecular formula is C23H30N4O5S. The Morgan fingerprint density at radius 1 is 1.39 bits per heavy atom. The first kappa shape index (κ1) is 24.8. The van der Waals surface area contributed by atoms with Crippen molar-refractivity contribution >= 4 is 22.0 Å². The van der Waals surface area contributed by atoms with Crippen LogP contribution in [0.1, 0.15) is 36.8 Å². The average molecular weight is 475 g/mol. The number of fused-ring (bicyclic) bond motifs is 1. The van der Waals surface area contributed by atoms with E-state index in [-0.39, 0.29) is 47.9 Å². The summed E-state index contributed by atoms with van der Waals surface area (Å²) >= 11 is 0. The SMILES string of the molecule is C/C=C/c1ccc2c(c1)O[C@@H](CN(C)C(=O)c1cnccn1)[C@H](C)CN([C@H](C)CO)S2(=O)=O. The fourth-order valence-electron chi connectivity index (χ4n) is 3.71. The van der Waals surface area contributed by atoms with Gasteiger partial charge in [-0.3, -0.25) is 9.78 Å². The molecule has 10 heteroatoms. The monoisotopic (exact) mass is 474 g/mol. The van der Waals surface area contributed by atoms with Crippen LogP contribution < -0.4 is 4.74 Å². The molecule has 1 aliphatic heterocycles. The summed E-state index contributed by atoms with van der Waals surface area (Å²) in [6.07, 6.45) is 7.55. The molecule has 178 valence electrons. The Morgan fingerprint density at radius 2 is 2.15 bits per heavy atom. The van der Waals surface area contributed by atoms with Gasteiger partial charge in [0.1, 0.15) is 22.4 Å². The maximum atomic E-state index is 13.5. The fourth-order valence-corrected chi connectivity index (χ4v) is 5.54. The Kier molecular flexibility index (Phi) is 7.83. The predicted molar refractivity (Wildman–Crippen MR) is 124 cm³/mol. The molecule has 2 heterocycles. The number of hydrogen-bond donors (Lipinski definition) is 1. The number of nitrogens with zero attached hydrogens (tertiary/aromatic N) is 4. The van der Waals surface area contributed by atoms with E-state index in [9.17, 15) is 18.3 Å². The molecular weight excluding hydrogens is 444 g/mol. The molecule has 0 aliphatic carbocycles. The van der Waals surface area contributed by atoms with Crippen molar-refractivity contribution in [2.45, 2.75) is 37.8 Å². The normalized spacial score (nSPS) is 21.5. The number of rotatable bonds is 6. The molecule has 0 saturated heterocycles. The Labute approximate surface area is 194 Å². The highest BCUT2D eigenvalue weighted by molar-refractivity contribution is 7.89. The predicted octanol–water partition coefficient (Wildman–Crippen LogP) is 2.05. The third kappa shape index (κ3) is 5.40. The van der Waals surface area contributed by atoms with Gasteiger partial charge in [0.05, 0.1) is 19.3 Å². The average Bonchev–Trinajstić information content (AvgIpc) is 2.81. The maximum Gasteiger partial charge on any atom is 0.273 e. The van der Waals surface area contributed by atoms with E-state index in [2.05, 4.69) is 9.97 Å². The highest BCUT2D eigenvalue weighted by Gasteiger charge is 2.38. The largest absolute Gasteiger partial charge is 0.487 e. The van der Waals surface area contributed by atoms with E-state index in [0.717, 1.165) is 5.56 Å². The zero-order valence-corrected chi connectivity index (χ0v) is 20.1. The Bertz CT molecular complexity index is 1110. The lowest BCUT2D eigenvalue weighted by Crippen LogP contribution is -2.50. The van der Waals surface area contributed by atoms with Gasteiger partial charge in [-0.2, -0.15) is 4.31 Å². The maximum absolute atomic E-state index is 13.5. The minimum atomic E-state index is -3.90. The lowest BCUT2D eigenvalue weighted by molar-refractivity contribution is 0.0559. The van der Waals surface area contributed by atoms with Crippen molar-refractivity contribution in [2.24, 2.45) is 5.92 Å². The first-order valence-corrected chi connectivity index (χ1v) is 12.2. The van der Waals surface area contributed by atoms with Gasteiger partial charge in [-0.15, -0.1) is 0 Å². The Balaban J connectivity index is 2.01. The van der Waals surface area contributed by atoms with Crippen LogP contribution in [0.4, 0.5) is 0 Å². The molecule has 0 spiro atoms. The van der Waals surface area contributed by atoms with E-state index in [1.54, 1.807) is 26.1 Å². The summed E-state index contributed by atoms with van der Waals surface area (Å²) in [7, 11) is -2.26. The molecule has 1 N–H and O–H groups in total. The number of likely N-dealkylation sites (N-methyl/N-ethyl adjacent to an activating group) is 1. The molecule has 0 radical (unpaired) electrons. The standard InChI is InChI=1S/C23H30N4O5S/c1-5-6-18-7-8-22-20(11-18)32-21(14-26(4)23(29)19-12-24-9-10-25-19)16(2)13-27(17(3)15-28)33(22,30)31/h5-12,16-17,21,28H,13-15H2,1-4H3/b6-5+/t16-,17-,21+/m1/s1. The second-order valence-corrected chi connectivity index (χ2v) is 10.1. The molecule has 1 aromatic heterocycles. The Morgan fingerprint density at radius 3 is 2.79 bits per heavy atom. The van der Waals surface area contributed by atoms with Crippen molar-refractivity contribution in [3.05, 3.63) is 54.1 Å². The fraction of sp³-hybridized carbons (Fsp3) is 0.435. The van der Waals surface area contributed by atoms with Crippen LogP contribution in [-0.4, -0.2) is 77.5 Å². The molecule has 3 atom stereocenters. The van der Waals surface area contributed by atoms with Gasteiger partial charge in [0.2, 0.25) is 10.0 Å². The number of aliphatic hydroxyl groups is 1. The molecule has 0 fully saturated rings. The van der Waals surface area contributed by atoms with Crippen LogP contribution in [0, 0.1) is 5.92 Å². The van der Waals surface area contributed by atoms with Crippen LogP contribution in [0.25, 0.3) is 6.08 Å². The van der Waals surface area contributed by atoms with Crippen LogP contribution in [0.2, 0.25) is 0 Å². The van der Waals surface area contributed by atoms with Gasteiger partial charge in [0, 0.05) is 37.9 Å². The number of allylic oxidation sites excluding steroid dienone is 1. The number of carbonyl (C=O) groups is 1. The van der Waals surface area contributed by atoms with Crippen molar-refractivity contribution in [3.8, 4) is 5.75 Å².